The summed E-state index contributed by atoms with van der Waals surface area (Å²) in [7, 11) is 1.38. The van der Waals surface area contributed by atoms with Crippen LogP contribution in [-0.2, 0) is 21.7 Å². The van der Waals surface area contributed by atoms with Crippen LogP contribution in [0.1, 0.15) is 47.2 Å². The first-order valence-electron chi connectivity index (χ1n) is 11.7. The fourth-order valence-electron chi connectivity index (χ4n) is 4.90. The molecular formula is C25H21ClFN5O5. The summed E-state index contributed by atoms with van der Waals surface area (Å²) in [6.07, 6.45) is 1.93. The van der Waals surface area contributed by atoms with Crippen LogP contribution in [-0.4, -0.2) is 46.0 Å². The van der Waals surface area contributed by atoms with Crippen LogP contribution >= 0.6 is 11.6 Å². The molecule has 3 aromatic rings. The monoisotopic (exact) mass is 525 g/mol. The van der Waals surface area contributed by atoms with Gasteiger partial charge in [-0.3, -0.25) is 19.7 Å². The molecule has 1 aliphatic carbocycles. The number of hydrogen-bond acceptors (Lipinski definition) is 8. The van der Waals surface area contributed by atoms with Crippen molar-refractivity contribution in [1.29, 1.82) is 0 Å². The molecule has 1 unspecified atom stereocenters. The van der Waals surface area contributed by atoms with Gasteiger partial charge in [-0.1, -0.05) is 16.7 Å². The summed E-state index contributed by atoms with van der Waals surface area (Å²) >= 11 is 6.61. The van der Waals surface area contributed by atoms with Crippen molar-refractivity contribution in [3.63, 3.8) is 0 Å². The summed E-state index contributed by atoms with van der Waals surface area (Å²) in [4.78, 5) is 38.6. The maximum absolute atomic E-state index is 14.1. The third-order valence-corrected chi connectivity index (χ3v) is 7.41. The fraction of sp³-hybridized carbons (Fsp3) is 0.320. The van der Waals surface area contributed by atoms with Gasteiger partial charge in [0.15, 0.2) is 11.6 Å². The fourth-order valence-corrected chi connectivity index (χ4v) is 5.18. The number of nitrogens with zero attached hydrogens (tertiary/aromatic N) is 3. The van der Waals surface area contributed by atoms with E-state index < -0.39 is 23.3 Å². The molecule has 0 bridgehead atoms. The molecular weight excluding hydrogens is 505 g/mol. The van der Waals surface area contributed by atoms with Crippen molar-refractivity contribution in [3.05, 3.63) is 57.9 Å². The highest BCUT2D eigenvalue weighted by Crippen LogP contribution is 2.50. The van der Waals surface area contributed by atoms with Gasteiger partial charge >= 0.3 is 6.01 Å². The number of hydrogen-bond donors (Lipinski definition) is 2. The van der Waals surface area contributed by atoms with Crippen LogP contribution in [0, 0.1) is 5.82 Å². The molecule has 0 radical (unpaired) electrons. The van der Waals surface area contributed by atoms with Gasteiger partial charge in [-0.05, 0) is 55.2 Å². The minimum Gasteiger partial charge on any atom is -0.494 e. The SMILES string of the molecule is COc1ccc(-c2nnc(NC3(c4cc(Cl)c5c(c4)C(=O)N(C4CCC(=O)NC4=O)C5)CC3)o2)cc1F. The van der Waals surface area contributed by atoms with E-state index in [1.165, 1.54) is 24.1 Å². The van der Waals surface area contributed by atoms with Gasteiger partial charge in [0.1, 0.15) is 6.04 Å². The van der Waals surface area contributed by atoms with Gasteiger partial charge < -0.3 is 19.4 Å². The van der Waals surface area contributed by atoms with E-state index in [0.717, 1.165) is 18.4 Å². The largest absolute Gasteiger partial charge is 0.494 e. The van der Waals surface area contributed by atoms with Gasteiger partial charge in [-0.25, -0.2) is 4.39 Å². The molecule has 6 rings (SSSR count). The molecule has 10 nitrogen and oxygen atoms in total. The standard InChI is InChI=1S/C25H21ClFN5O5/c1-36-19-4-2-12(8-17(19)27)22-30-31-24(37-22)29-25(6-7-25)13-9-14-15(16(26)10-13)11-32(23(14)35)18-3-5-20(33)28-21(18)34/h2,4,8-10,18H,3,5-7,11H2,1H3,(H,29,31)(H,28,33,34). The number of fused-ring (bicyclic) bond motifs is 1. The Labute approximate surface area is 215 Å². The van der Waals surface area contributed by atoms with Gasteiger partial charge in [-0.2, -0.15) is 0 Å². The zero-order valence-corrected chi connectivity index (χ0v) is 20.4. The van der Waals surface area contributed by atoms with Gasteiger partial charge in [0.2, 0.25) is 17.7 Å². The topological polar surface area (TPSA) is 127 Å². The van der Waals surface area contributed by atoms with E-state index >= 15 is 0 Å². The van der Waals surface area contributed by atoms with E-state index in [1.807, 2.05) is 0 Å². The second kappa shape index (κ2) is 8.55. The number of benzene rings is 2. The van der Waals surface area contributed by atoms with E-state index in [9.17, 15) is 18.8 Å². The number of methoxy groups -OCH3 is 1. The lowest BCUT2D eigenvalue weighted by molar-refractivity contribution is -0.136. The lowest BCUT2D eigenvalue weighted by atomic mass is 9.99. The molecule has 3 heterocycles. The number of nitrogens with one attached hydrogen (secondary N) is 2. The second-order valence-electron chi connectivity index (χ2n) is 9.35. The zero-order valence-electron chi connectivity index (χ0n) is 19.6. The predicted molar refractivity (Wildman–Crippen MR) is 128 cm³/mol. The Morgan fingerprint density at radius 1 is 1.22 bits per heavy atom. The molecule has 1 saturated heterocycles. The highest BCUT2D eigenvalue weighted by Gasteiger charge is 2.48. The Hall–Kier alpha value is -3.99. The van der Waals surface area contributed by atoms with Crippen molar-refractivity contribution >= 4 is 35.3 Å². The number of carbonyl (C=O) groups excluding carboxylic acids is 3. The van der Waals surface area contributed by atoms with Crippen molar-refractivity contribution in [3.8, 4) is 17.2 Å². The summed E-state index contributed by atoms with van der Waals surface area (Å²) in [5.41, 5.74) is 1.71. The third kappa shape index (κ3) is 3.99. The van der Waals surface area contributed by atoms with Gasteiger partial charge in [0.25, 0.3) is 5.91 Å². The summed E-state index contributed by atoms with van der Waals surface area (Å²) in [5.74, 6) is -1.41. The smallest absolute Gasteiger partial charge is 0.316 e. The average Bonchev–Trinajstić information content (AvgIpc) is 3.37. The highest BCUT2D eigenvalue weighted by atomic mass is 35.5. The van der Waals surface area contributed by atoms with E-state index in [0.29, 0.717) is 21.7 Å². The molecule has 12 heteroatoms. The van der Waals surface area contributed by atoms with E-state index in [-0.39, 0.29) is 48.9 Å². The maximum Gasteiger partial charge on any atom is 0.316 e. The normalized spacial score (nSPS) is 20.0. The first kappa shape index (κ1) is 23.4. The molecule has 1 aromatic heterocycles. The van der Waals surface area contributed by atoms with Crippen LogP contribution in [0.4, 0.5) is 10.4 Å². The Balaban J connectivity index is 1.24. The Morgan fingerprint density at radius 2 is 2.03 bits per heavy atom. The predicted octanol–water partition coefficient (Wildman–Crippen LogP) is 3.40. The molecule has 3 aliphatic rings. The average molecular weight is 526 g/mol. The van der Waals surface area contributed by atoms with Crippen LogP contribution in [0.3, 0.4) is 0 Å². The summed E-state index contributed by atoms with van der Waals surface area (Å²) in [6, 6.07) is 7.37. The van der Waals surface area contributed by atoms with Crippen LogP contribution in [0.5, 0.6) is 5.75 Å². The third-order valence-electron chi connectivity index (χ3n) is 7.07. The summed E-state index contributed by atoms with van der Waals surface area (Å²) in [5, 5.41) is 14.0. The second-order valence-corrected chi connectivity index (χ2v) is 9.76. The number of amides is 3. The Bertz CT molecular complexity index is 1470. The minimum atomic E-state index is -0.718. The van der Waals surface area contributed by atoms with Crippen molar-refractivity contribution < 1.29 is 27.9 Å². The molecule has 1 saturated carbocycles. The maximum atomic E-state index is 14.1. The lowest BCUT2D eigenvalue weighted by Crippen LogP contribution is -2.52. The van der Waals surface area contributed by atoms with Crippen LogP contribution < -0.4 is 15.4 Å². The van der Waals surface area contributed by atoms with Crippen molar-refractivity contribution in [2.45, 2.75) is 43.8 Å². The van der Waals surface area contributed by atoms with Crippen LogP contribution in [0.15, 0.2) is 34.7 Å². The lowest BCUT2D eigenvalue weighted by Gasteiger charge is -2.29. The quantitative estimate of drug-likeness (QED) is 0.469. The van der Waals surface area contributed by atoms with Crippen LogP contribution in [0.2, 0.25) is 5.02 Å². The summed E-state index contributed by atoms with van der Waals surface area (Å²) < 4.78 is 24.8. The number of carbonyl (C=O) groups is 3. The number of aromatic nitrogens is 2. The molecule has 2 N–H and O–H groups in total. The highest BCUT2D eigenvalue weighted by molar-refractivity contribution is 6.32. The number of anilines is 1. The van der Waals surface area contributed by atoms with E-state index in [1.54, 1.807) is 18.2 Å². The molecule has 37 heavy (non-hydrogen) atoms. The van der Waals surface area contributed by atoms with E-state index in [2.05, 4.69) is 20.8 Å². The Morgan fingerprint density at radius 3 is 2.73 bits per heavy atom. The number of halogens is 2. The molecule has 0 spiro atoms. The number of ether oxygens (including phenoxy) is 1. The number of imide groups is 1. The van der Waals surface area contributed by atoms with Crippen molar-refractivity contribution in [2.24, 2.45) is 0 Å². The van der Waals surface area contributed by atoms with Crippen molar-refractivity contribution in [2.75, 3.05) is 12.4 Å². The number of rotatable bonds is 6. The van der Waals surface area contributed by atoms with Crippen LogP contribution in [0.25, 0.3) is 11.5 Å². The first-order valence-corrected chi connectivity index (χ1v) is 12.1. The molecule has 2 fully saturated rings. The molecule has 3 amide bonds. The van der Waals surface area contributed by atoms with Crippen molar-refractivity contribution in [1.82, 2.24) is 20.4 Å². The molecule has 190 valence electrons. The molecule has 2 aromatic carbocycles. The number of piperidine rings is 1. The first-order chi connectivity index (χ1) is 17.8. The van der Waals surface area contributed by atoms with E-state index in [4.69, 9.17) is 20.8 Å². The molecule has 2 aliphatic heterocycles. The minimum absolute atomic E-state index is 0.109. The van der Waals surface area contributed by atoms with Gasteiger partial charge in [0, 0.05) is 34.7 Å². The molecule has 1 atom stereocenters. The zero-order chi connectivity index (χ0) is 25.9. The summed E-state index contributed by atoms with van der Waals surface area (Å²) in [6.45, 7) is 0.200. The van der Waals surface area contributed by atoms with Gasteiger partial charge in [-0.15, -0.1) is 5.10 Å². The Kier molecular flexibility index (Phi) is 5.41. The van der Waals surface area contributed by atoms with Gasteiger partial charge in [0.05, 0.1) is 12.6 Å².